The molecule has 1 aromatic heterocycles. The number of thiazole rings is 1. The van der Waals surface area contributed by atoms with E-state index < -0.39 is 17.3 Å². The Labute approximate surface area is 238 Å². The molecule has 5 rings (SSSR count). The highest BCUT2D eigenvalue weighted by molar-refractivity contribution is 7.15. The molecular weight excluding hydrogens is 535 g/mol. The van der Waals surface area contributed by atoms with Gasteiger partial charge in [0.15, 0.2) is 5.13 Å². The van der Waals surface area contributed by atoms with Gasteiger partial charge in [-0.25, -0.2) is 9.37 Å². The minimum absolute atomic E-state index is 0.0622. The number of morpholine rings is 1. The molecular formula is C29H39FN4O5S. The number of aliphatic hydroxyl groups excluding tert-OH is 2. The number of halogens is 1. The van der Waals surface area contributed by atoms with Crippen LogP contribution in [0.15, 0.2) is 24.3 Å². The van der Waals surface area contributed by atoms with Gasteiger partial charge in [0.2, 0.25) is 5.91 Å². The minimum Gasteiger partial charge on any atom is -0.396 e. The lowest BCUT2D eigenvalue weighted by molar-refractivity contribution is -0.144. The van der Waals surface area contributed by atoms with E-state index in [2.05, 4.69) is 22.5 Å². The van der Waals surface area contributed by atoms with Crippen LogP contribution in [-0.2, 0) is 16.0 Å². The molecule has 3 aliphatic rings. The number of anilines is 1. The number of benzene rings is 1. The molecule has 2 aliphatic carbocycles. The molecule has 2 aromatic rings. The molecule has 1 saturated heterocycles. The summed E-state index contributed by atoms with van der Waals surface area (Å²) >= 11 is 1.37. The van der Waals surface area contributed by atoms with Gasteiger partial charge in [-0.2, -0.15) is 0 Å². The number of rotatable bonds is 8. The quantitative estimate of drug-likeness (QED) is 0.382. The standard InChI is InChI=1S/C29H39FN4O5S/c1-28-8-7-23(36)29(2,17-35)22(28)16-21-25(20(28)15-24(37)31-9-10-34-11-13-39-14-12-34)32-27(40-21)33-26(38)18-3-5-19(30)6-4-18/h3-6,20,22-23,35-36H,7-17H2,1-2H3,(H,31,37)(H,32,33,38)/t20-,22+,23-,28+,29+/m1/s1. The summed E-state index contributed by atoms with van der Waals surface area (Å²) in [5, 5.41) is 27.8. The van der Waals surface area contributed by atoms with Crippen molar-refractivity contribution in [2.24, 2.45) is 16.7 Å². The minimum atomic E-state index is -0.725. The Balaban J connectivity index is 1.38. The van der Waals surface area contributed by atoms with Crippen molar-refractivity contribution in [3.05, 3.63) is 46.2 Å². The van der Waals surface area contributed by atoms with E-state index in [0.29, 0.717) is 49.7 Å². The van der Waals surface area contributed by atoms with E-state index in [9.17, 15) is 24.2 Å². The third-order valence-corrected chi connectivity index (χ3v) is 10.5. The average Bonchev–Trinajstić information content (AvgIpc) is 3.35. The third-order valence-electron chi connectivity index (χ3n) is 9.46. The number of carbonyl (C=O) groups is 2. The fourth-order valence-electron chi connectivity index (χ4n) is 6.91. The SMILES string of the molecule is C[C@]1(CO)[C@H]2Cc3sc(NC(=O)c4ccc(F)cc4)nc3[C@@H](CC(=O)NCCN3CCOCC3)[C@]2(C)CC[C@H]1O. The van der Waals surface area contributed by atoms with Crippen molar-refractivity contribution in [1.29, 1.82) is 0 Å². The van der Waals surface area contributed by atoms with Gasteiger partial charge in [-0.3, -0.25) is 19.8 Å². The number of fused-ring (bicyclic) bond motifs is 2. The van der Waals surface area contributed by atoms with Crippen molar-refractivity contribution in [2.75, 3.05) is 51.3 Å². The predicted octanol–water partition coefficient (Wildman–Crippen LogP) is 2.79. The molecule has 0 bridgehead atoms. The molecule has 9 nitrogen and oxygen atoms in total. The zero-order chi connectivity index (χ0) is 28.5. The maximum absolute atomic E-state index is 13.3. The molecule has 40 heavy (non-hydrogen) atoms. The van der Waals surface area contributed by atoms with Crippen LogP contribution in [0, 0.1) is 22.6 Å². The summed E-state index contributed by atoms with van der Waals surface area (Å²) < 4.78 is 18.7. The van der Waals surface area contributed by atoms with E-state index in [4.69, 9.17) is 9.72 Å². The second kappa shape index (κ2) is 11.8. The third kappa shape index (κ3) is 5.67. The van der Waals surface area contributed by atoms with E-state index in [1.165, 1.54) is 35.6 Å². The number of hydrogen-bond donors (Lipinski definition) is 4. The van der Waals surface area contributed by atoms with E-state index in [1.54, 1.807) is 0 Å². The van der Waals surface area contributed by atoms with E-state index in [1.807, 2.05) is 6.92 Å². The Bertz CT molecular complexity index is 1220. The average molecular weight is 575 g/mol. The van der Waals surface area contributed by atoms with E-state index in [-0.39, 0.29) is 42.1 Å². The molecule has 1 aliphatic heterocycles. The molecule has 4 N–H and O–H groups in total. The Morgan fingerprint density at radius 3 is 2.65 bits per heavy atom. The number of nitrogens with one attached hydrogen (secondary N) is 2. The largest absolute Gasteiger partial charge is 0.396 e. The summed E-state index contributed by atoms with van der Waals surface area (Å²) in [6.07, 6.45) is 1.42. The van der Waals surface area contributed by atoms with Crippen molar-refractivity contribution in [1.82, 2.24) is 15.2 Å². The number of aromatic nitrogens is 1. The first-order valence-corrected chi connectivity index (χ1v) is 14.9. The van der Waals surface area contributed by atoms with Gasteiger partial charge in [-0.05, 0) is 54.9 Å². The summed E-state index contributed by atoms with van der Waals surface area (Å²) in [4.78, 5) is 34.2. The summed E-state index contributed by atoms with van der Waals surface area (Å²) in [5.41, 5.74) is 0.0232. The second-order valence-electron chi connectivity index (χ2n) is 11.8. The molecule has 0 radical (unpaired) electrons. The highest BCUT2D eigenvalue weighted by Crippen LogP contribution is 2.62. The summed E-state index contributed by atoms with van der Waals surface area (Å²) in [6, 6.07) is 5.32. The topological polar surface area (TPSA) is 124 Å². The maximum Gasteiger partial charge on any atom is 0.257 e. The smallest absolute Gasteiger partial charge is 0.257 e. The summed E-state index contributed by atoms with van der Waals surface area (Å²) in [7, 11) is 0. The van der Waals surface area contributed by atoms with Crippen LogP contribution in [0.1, 0.15) is 60.0 Å². The van der Waals surface area contributed by atoms with Crippen molar-refractivity contribution >= 4 is 28.3 Å². The number of hydrogen-bond acceptors (Lipinski definition) is 8. The Morgan fingerprint density at radius 2 is 1.95 bits per heavy atom. The van der Waals surface area contributed by atoms with Crippen molar-refractivity contribution in [3.8, 4) is 0 Å². The van der Waals surface area contributed by atoms with Gasteiger partial charge in [0, 0.05) is 54.4 Å². The number of ether oxygens (including phenoxy) is 1. The highest BCUT2D eigenvalue weighted by atomic mass is 32.1. The summed E-state index contributed by atoms with van der Waals surface area (Å²) in [6.45, 7) is 8.36. The monoisotopic (exact) mass is 574 g/mol. The van der Waals surface area contributed by atoms with Gasteiger partial charge >= 0.3 is 0 Å². The fourth-order valence-corrected chi connectivity index (χ4v) is 7.97. The van der Waals surface area contributed by atoms with Crippen molar-refractivity contribution < 1.29 is 28.9 Å². The molecule has 218 valence electrons. The van der Waals surface area contributed by atoms with Crippen LogP contribution < -0.4 is 10.6 Å². The van der Waals surface area contributed by atoms with Crippen molar-refractivity contribution in [2.45, 2.75) is 51.6 Å². The zero-order valence-corrected chi connectivity index (χ0v) is 23.9. The first-order chi connectivity index (χ1) is 19.1. The van der Waals surface area contributed by atoms with Crippen molar-refractivity contribution in [3.63, 3.8) is 0 Å². The fraction of sp³-hybridized carbons (Fsp3) is 0.621. The first kappa shape index (κ1) is 29.1. The van der Waals surface area contributed by atoms with E-state index >= 15 is 0 Å². The molecule has 0 unspecified atom stereocenters. The Morgan fingerprint density at radius 1 is 1.23 bits per heavy atom. The van der Waals surface area contributed by atoms with Gasteiger partial charge in [0.1, 0.15) is 5.82 Å². The molecule has 2 fully saturated rings. The molecule has 5 atom stereocenters. The molecule has 2 heterocycles. The van der Waals surface area contributed by atoms with Crippen LogP contribution in [-0.4, -0.2) is 84.0 Å². The van der Waals surface area contributed by atoms with E-state index in [0.717, 1.165) is 30.2 Å². The number of amides is 2. The molecule has 1 saturated carbocycles. The number of aliphatic hydroxyl groups is 2. The number of nitrogens with zero attached hydrogens (tertiary/aromatic N) is 2. The lowest BCUT2D eigenvalue weighted by Gasteiger charge is -2.58. The molecule has 0 spiro atoms. The van der Waals surface area contributed by atoms with Crippen LogP contribution in [0.3, 0.4) is 0 Å². The van der Waals surface area contributed by atoms with Crippen LogP contribution in [0.5, 0.6) is 0 Å². The second-order valence-corrected chi connectivity index (χ2v) is 12.9. The van der Waals surface area contributed by atoms with Crippen LogP contribution >= 0.6 is 11.3 Å². The molecule has 2 amide bonds. The summed E-state index contributed by atoms with van der Waals surface area (Å²) in [5.74, 6) is -1.18. The van der Waals surface area contributed by atoms with Crippen LogP contribution in [0.2, 0.25) is 0 Å². The lowest BCUT2D eigenvalue weighted by Crippen LogP contribution is -2.57. The highest BCUT2D eigenvalue weighted by Gasteiger charge is 2.59. The number of carbonyl (C=O) groups excluding carboxylic acids is 2. The predicted molar refractivity (Wildman–Crippen MR) is 150 cm³/mol. The van der Waals surface area contributed by atoms with Gasteiger partial charge in [-0.1, -0.05) is 13.8 Å². The van der Waals surface area contributed by atoms with Gasteiger partial charge in [0.05, 0.1) is 31.6 Å². The van der Waals surface area contributed by atoms with Crippen LogP contribution in [0.25, 0.3) is 0 Å². The molecule has 1 aromatic carbocycles. The van der Waals surface area contributed by atoms with Crippen LogP contribution in [0.4, 0.5) is 9.52 Å². The maximum atomic E-state index is 13.3. The first-order valence-electron chi connectivity index (χ1n) is 14.1. The van der Waals surface area contributed by atoms with Gasteiger partial charge in [-0.15, -0.1) is 11.3 Å². The zero-order valence-electron chi connectivity index (χ0n) is 23.1. The Hall–Kier alpha value is -2.44. The molecule has 11 heteroatoms. The normalized spacial score (nSPS) is 30.3. The Kier molecular flexibility index (Phi) is 8.58. The van der Waals surface area contributed by atoms with Gasteiger partial charge in [0.25, 0.3) is 5.91 Å². The van der Waals surface area contributed by atoms with Gasteiger partial charge < -0.3 is 20.3 Å². The lowest BCUT2D eigenvalue weighted by atomic mass is 9.47.